The molecule has 0 unspecified atom stereocenters. The Hall–Kier alpha value is -2.07. The van der Waals surface area contributed by atoms with E-state index in [1.807, 2.05) is 24.3 Å². The van der Waals surface area contributed by atoms with E-state index in [4.69, 9.17) is 9.41 Å². The molecular formula is C17H16N2OS. The average Bonchev–Trinajstić information content (AvgIpc) is 3.02. The van der Waals surface area contributed by atoms with Crippen LogP contribution in [0, 0.1) is 6.92 Å². The highest BCUT2D eigenvalue weighted by atomic mass is 32.1. The van der Waals surface area contributed by atoms with Crippen molar-refractivity contribution in [1.29, 1.82) is 0 Å². The molecule has 1 aliphatic carbocycles. The fourth-order valence-electron chi connectivity index (χ4n) is 2.48. The molecule has 1 aromatic carbocycles. The van der Waals surface area contributed by atoms with E-state index in [1.54, 1.807) is 17.6 Å². The zero-order valence-corrected chi connectivity index (χ0v) is 12.6. The number of hydrogen-bond donors (Lipinski definition) is 0. The SMILES string of the molecule is Cc1ccccc1N=c1scc(-c2ccco2)n1C1CC1. The first kappa shape index (κ1) is 12.7. The molecule has 0 bridgehead atoms. The van der Waals surface area contributed by atoms with E-state index in [9.17, 15) is 0 Å². The van der Waals surface area contributed by atoms with Gasteiger partial charge in [0.2, 0.25) is 0 Å². The lowest BCUT2D eigenvalue weighted by atomic mass is 10.2. The van der Waals surface area contributed by atoms with Crippen molar-refractivity contribution < 1.29 is 4.42 Å². The first-order valence-electron chi connectivity index (χ1n) is 7.17. The van der Waals surface area contributed by atoms with Crippen LogP contribution in [0.1, 0.15) is 24.4 Å². The van der Waals surface area contributed by atoms with Crippen molar-refractivity contribution >= 4 is 17.0 Å². The molecular weight excluding hydrogens is 280 g/mol. The normalized spacial score (nSPS) is 15.6. The predicted octanol–water partition coefficient (Wildman–Crippen LogP) is 4.69. The third-order valence-corrected chi connectivity index (χ3v) is 4.60. The number of thiazole rings is 1. The van der Waals surface area contributed by atoms with Gasteiger partial charge in [-0.25, -0.2) is 4.99 Å². The summed E-state index contributed by atoms with van der Waals surface area (Å²) in [5.41, 5.74) is 3.38. The van der Waals surface area contributed by atoms with Gasteiger partial charge in [-0.2, -0.15) is 0 Å². The van der Waals surface area contributed by atoms with E-state index < -0.39 is 0 Å². The highest BCUT2D eigenvalue weighted by molar-refractivity contribution is 7.07. The molecule has 1 saturated carbocycles. The predicted molar refractivity (Wildman–Crippen MR) is 84.7 cm³/mol. The lowest BCUT2D eigenvalue weighted by Gasteiger charge is -2.05. The van der Waals surface area contributed by atoms with Gasteiger partial charge in [0.1, 0.15) is 0 Å². The number of aromatic nitrogens is 1. The van der Waals surface area contributed by atoms with Crippen LogP contribution >= 0.6 is 11.3 Å². The smallest absolute Gasteiger partial charge is 0.190 e. The summed E-state index contributed by atoms with van der Waals surface area (Å²) in [5, 5.41) is 2.15. The van der Waals surface area contributed by atoms with Crippen molar-refractivity contribution in [3.63, 3.8) is 0 Å². The van der Waals surface area contributed by atoms with Gasteiger partial charge in [0, 0.05) is 11.4 Å². The molecule has 4 heteroatoms. The summed E-state index contributed by atoms with van der Waals surface area (Å²) >= 11 is 1.68. The number of nitrogens with zero attached hydrogens (tertiary/aromatic N) is 2. The Bertz CT molecular complexity index is 823. The summed E-state index contributed by atoms with van der Waals surface area (Å²) in [6.45, 7) is 2.10. The number of para-hydroxylation sites is 1. The quantitative estimate of drug-likeness (QED) is 0.690. The molecule has 106 valence electrons. The monoisotopic (exact) mass is 296 g/mol. The maximum Gasteiger partial charge on any atom is 0.190 e. The van der Waals surface area contributed by atoms with Gasteiger partial charge in [-0.05, 0) is 43.5 Å². The Labute approximate surface area is 127 Å². The minimum atomic E-state index is 0.569. The second-order valence-electron chi connectivity index (χ2n) is 5.38. The number of benzene rings is 1. The first-order valence-corrected chi connectivity index (χ1v) is 8.05. The molecule has 0 N–H and O–H groups in total. The highest BCUT2D eigenvalue weighted by Crippen LogP contribution is 2.38. The van der Waals surface area contributed by atoms with Crippen molar-refractivity contribution in [2.24, 2.45) is 4.99 Å². The minimum Gasteiger partial charge on any atom is -0.463 e. The van der Waals surface area contributed by atoms with Gasteiger partial charge in [0.25, 0.3) is 0 Å². The third kappa shape index (κ3) is 2.36. The van der Waals surface area contributed by atoms with Crippen LogP contribution in [0.2, 0.25) is 0 Å². The van der Waals surface area contributed by atoms with Gasteiger partial charge in [0.05, 0.1) is 17.6 Å². The summed E-state index contributed by atoms with van der Waals surface area (Å²) in [5.74, 6) is 0.921. The van der Waals surface area contributed by atoms with Gasteiger partial charge in [-0.3, -0.25) is 0 Å². The number of rotatable bonds is 3. The van der Waals surface area contributed by atoms with E-state index >= 15 is 0 Å². The van der Waals surface area contributed by atoms with Gasteiger partial charge in [0.15, 0.2) is 10.6 Å². The lowest BCUT2D eigenvalue weighted by Crippen LogP contribution is -2.14. The summed E-state index contributed by atoms with van der Waals surface area (Å²) in [6.07, 6.45) is 4.18. The van der Waals surface area contributed by atoms with Crippen molar-refractivity contribution in [1.82, 2.24) is 4.57 Å². The van der Waals surface area contributed by atoms with Crippen LogP contribution in [0.25, 0.3) is 11.5 Å². The van der Waals surface area contributed by atoms with Gasteiger partial charge < -0.3 is 8.98 Å². The molecule has 3 nitrogen and oxygen atoms in total. The molecule has 1 fully saturated rings. The molecule has 3 aromatic rings. The Morgan fingerprint density at radius 1 is 1.19 bits per heavy atom. The molecule has 21 heavy (non-hydrogen) atoms. The number of hydrogen-bond acceptors (Lipinski definition) is 3. The molecule has 0 amide bonds. The Morgan fingerprint density at radius 3 is 2.76 bits per heavy atom. The minimum absolute atomic E-state index is 0.569. The fourth-order valence-corrected chi connectivity index (χ4v) is 3.44. The summed E-state index contributed by atoms with van der Waals surface area (Å²) in [6, 6.07) is 12.8. The molecule has 0 aliphatic heterocycles. The van der Waals surface area contributed by atoms with Crippen LogP contribution in [0.4, 0.5) is 5.69 Å². The van der Waals surface area contributed by atoms with E-state index in [0.29, 0.717) is 6.04 Å². The summed E-state index contributed by atoms with van der Waals surface area (Å²) < 4.78 is 7.90. The zero-order chi connectivity index (χ0) is 14.2. The molecule has 2 aromatic heterocycles. The summed E-state index contributed by atoms with van der Waals surface area (Å²) in [4.78, 5) is 5.93. The van der Waals surface area contributed by atoms with Gasteiger partial charge in [-0.1, -0.05) is 18.2 Å². The standard InChI is InChI=1S/C17H16N2OS/c1-12-5-2-3-6-14(12)18-17-19(13-8-9-13)15(11-21-17)16-7-4-10-20-16/h2-7,10-11,13H,8-9H2,1H3. The molecule has 1 aliphatic rings. The molecule has 2 heterocycles. The number of furan rings is 1. The van der Waals surface area contributed by atoms with Crippen molar-refractivity contribution in [3.05, 3.63) is 58.4 Å². The fraction of sp³-hybridized carbons (Fsp3) is 0.235. The van der Waals surface area contributed by atoms with E-state index in [1.165, 1.54) is 18.4 Å². The molecule has 4 rings (SSSR count). The van der Waals surface area contributed by atoms with Crippen molar-refractivity contribution in [3.8, 4) is 11.5 Å². The van der Waals surface area contributed by atoms with E-state index in [0.717, 1.165) is 21.9 Å². The third-order valence-electron chi connectivity index (χ3n) is 3.76. The number of aryl methyl sites for hydroxylation is 1. The van der Waals surface area contributed by atoms with E-state index in [-0.39, 0.29) is 0 Å². The van der Waals surface area contributed by atoms with Gasteiger partial charge >= 0.3 is 0 Å². The highest BCUT2D eigenvalue weighted by Gasteiger charge is 2.28. The van der Waals surface area contributed by atoms with Crippen molar-refractivity contribution in [2.75, 3.05) is 0 Å². The van der Waals surface area contributed by atoms with Crippen LogP contribution in [-0.2, 0) is 0 Å². The zero-order valence-electron chi connectivity index (χ0n) is 11.8. The second-order valence-corrected chi connectivity index (χ2v) is 6.22. The van der Waals surface area contributed by atoms with Crippen LogP contribution < -0.4 is 4.80 Å². The molecule has 0 saturated heterocycles. The Kier molecular flexibility index (Phi) is 3.04. The summed E-state index contributed by atoms with van der Waals surface area (Å²) in [7, 11) is 0. The lowest BCUT2D eigenvalue weighted by molar-refractivity contribution is 0.570. The van der Waals surface area contributed by atoms with Crippen LogP contribution in [0.15, 0.2) is 57.5 Å². The van der Waals surface area contributed by atoms with E-state index in [2.05, 4.69) is 29.0 Å². The largest absolute Gasteiger partial charge is 0.463 e. The second kappa shape index (κ2) is 5.04. The maximum atomic E-state index is 5.57. The van der Waals surface area contributed by atoms with Crippen LogP contribution in [-0.4, -0.2) is 4.57 Å². The Balaban J connectivity index is 1.89. The maximum absolute atomic E-state index is 5.57. The molecule has 0 atom stereocenters. The molecule has 0 spiro atoms. The molecule has 0 radical (unpaired) electrons. The average molecular weight is 296 g/mol. The Morgan fingerprint density at radius 2 is 2.05 bits per heavy atom. The van der Waals surface area contributed by atoms with Crippen LogP contribution in [0.3, 0.4) is 0 Å². The van der Waals surface area contributed by atoms with Crippen LogP contribution in [0.5, 0.6) is 0 Å². The van der Waals surface area contributed by atoms with Gasteiger partial charge in [-0.15, -0.1) is 11.3 Å². The van der Waals surface area contributed by atoms with Crippen molar-refractivity contribution in [2.45, 2.75) is 25.8 Å². The first-order chi connectivity index (χ1) is 10.3. The topological polar surface area (TPSA) is 30.4 Å².